The minimum Gasteiger partial charge on any atom is -0.481 e. The third-order valence-corrected chi connectivity index (χ3v) is 5.49. The minimum absolute atomic E-state index is 0.0196. The van der Waals surface area contributed by atoms with Crippen LogP contribution in [0.3, 0.4) is 0 Å². The zero-order chi connectivity index (χ0) is 14.7. The van der Waals surface area contributed by atoms with E-state index in [1.54, 1.807) is 23.9 Å². The average Bonchev–Trinajstić information content (AvgIpc) is 2.68. The quantitative estimate of drug-likeness (QED) is 0.798. The first-order chi connectivity index (χ1) is 9.45. The van der Waals surface area contributed by atoms with Crippen molar-refractivity contribution >= 4 is 52.3 Å². The number of thioether (sulfide) groups is 1. The Balaban J connectivity index is 2.05. The highest BCUT2D eigenvalue weighted by Gasteiger charge is 2.12. The predicted molar refractivity (Wildman–Crippen MR) is 84.2 cm³/mol. The van der Waals surface area contributed by atoms with E-state index in [2.05, 4.69) is 4.98 Å². The molecule has 0 bridgehead atoms. The number of carbonyl (C=O) groups is 1. The number of carboxylic acids is 1. The average molecular weight is 348 g/mol. The maximum atomic E-state index is 10.7. The van der Waals surface area contributed by atoms with Gasteiger partial charge in [-0.05, 0) is 24.6 Å². The Morgan fingerprint density at radius 1 is 1.45 bits per heavy atom. The van der Waals surface area contributed by atoms with E-state index in [9.17, 15) is 4.79 Å². The first-order valence-corrected chi connectivity index (χ1v) is 8.26. The number of benzene rings is 1. The van der Waals surface area contributed by atoms with Gasteiger partial charge in [0.2, 0.25) is 0 Å². The van der Waals surface area contributed by atoms with Crippen molar-refractivity contribution in [3.05, 3.63) is 44.4 Å². The monoisotopic (exact) mass is 347 g/mol. The first kappa shape index (κ1) is 15.6. The number of nitrogens with zero attached hydrogens (tertiary/aromatic N) is 1. The number of aryl methyl sites for hydroxylation is 1. The van der Waals surface area contributed by atoms with Crippen LogP contribution in [0.15, 0.2) is 22.5 Å². The molecule has 0 fully saturated rings. The molecule has 1 aromatic heterocycles. The topological polar surface area (TPSA) is 50.2 Å². The molecular weight excluding hydrogens is 337 g/mol. The number of carboxylic acid groups (broad SMARTS) is 1. The SMILES string of the molecule is Cc1nc(SCc2ccc(Cl)cc2Cl)sc1CC(=O)O. The van der Waals surface area contributed by atoms with E-state index in [-0.39, 0.29) is 6.42 Å². The number of hydrogen-bond acceptors (Lipinski definition) is 4. The van der Waals surface area contributed by atoms with Crippen molar-refractivity contribution in [3.8, 4) is 0 Å². The normalized spacial score (nSPS) is 10.8. The molecular formula is C13H11Cl2NO2S2. The molecule has 0 saturated heterocycles. The highest BCUT2D eigenvalue weighted by Crippen LogP contribution is 2.32. The Labute approximate surface area is 134 Å². The summed E-state index contributed by atoms with van der Waals surface area (Å²) in [6.07, 6.45) is 0.0196. The molecule has 2 aromatic rings. The number of thiazole rings is 1. The summed E-state index contributed by atoms with van der Waals surface area (Å²) < 4.78 is 0.852. The van der Waals surface area contributed by atoms with Gasteiger partial charge in [0.05, 0.1) is 12.1 Å². The maximum absolute atomic E-state index is 10.7. The summed E-state index contributed by atoms with van der Waals surface area (Å²) in [7, 11) is 0. The number of aromatic nitrogens is 1. The molecule has 0 unspecified atom stereocenters. The molecule has 2 rings (SSSR count). The van der Waals surface area contributed by atoms with Crippen molar-refractivity contribution in [2.24, 2.45) is 0 Å². The summed E-state index contributed by atoms with van der Waals surface area (Å²) in [6.45, 7) is 1.83. The van der Waals surface area contributed by atoms with Gasteiger partial charge in [-0.3, -0.25) is 4.79 Å². The summed E-state index contributed by atoms with van der Waals surface area (Å²) in [5.74, 6) is -0.163. The highest BCUT2D eigenvalue weighted by molar-refractivity contribution is 8.00. The smallest absolute Gasteiger partial charge is 0.308 e. The van der Waals surface area contributed by atoms with E-state index in [4.69, 9.17) is 28.3 Å². The fraction of sp³-hybridized carbons (Fsp3) is 0.231. The van der Waals surface area contributed by atoms with E-state index in [0.29, 0.717) is 15.8 Å². The molecule has 106 valence electrons. The Morgan fingerprint density at radius 3 is 2.85 bits per heavy atom. The molecule has 3 nitrogen and oxygen atoms in total. The number of aliphatic carboxylic acids is 1. The second kappa shape index (κ2) is 6.80. The van der Waals surface area contributed by atoms with Gasteiger partial charge >= 0.3 is 5.97 Å². The summed E-state index contributed by atoms with van der Waals surface area (Å²) in [5, 5.41) is 10.1. The van der Waals surface area contributed by atoms with Crippen LogP contribution in [-0.4, -0.2) is 16.1 Å². The lowest BCUT2D eigenvalue weighted by Gasteiger charge is -2.02. The van der Waals surface area contributed by atoms with E-state index in [1.807, 2.05) is 13.0 Å². The summed E-state index contributed by atoms with van der Waals surface area (Å²) in [4.78, 5) is 15.9. The molecule has 0 aliphatic heterocycles. The highest BCUT2D eigenvalue weighted by atomic mass is 35.5. The van der Waals surface area contributed by atoms with Crippen LogP contribution in [0.2, 0.25) is 10.0 Å². The molecule has 7 heteroatoms. The zero-order valence-electron chi connectivity index (χ0n) is 10.5. The van der Waals surface area contributed by atoms with Crippen molar-refractivity contribution in [2.75, 3.05) is 0 Å². The molecule has 20 heavy (non-hydrogen) atoms. The van der Waals surface area contributed by atoms with Gasteiger partial charge in [-0.15, -0.1) is 11.3 Å². The third kappa shape index (κ3) is 4.12. The van der Waals surface area contributed by atoms with Gasteiger partial charge in [-0.25, -0.2) is 4.98 Å². The molecule has 0 aliphatic carbocycles. The second-order valence-corrected chi connectivity index (χ2v) is 7.23. The van der Waals surface area contributed by atoms with Crippen LogP contribution in [0.25, 0.3) is 0 Å². The molecule has 0 spiro atoms. The van der Waals surface area contributed by atoms with Gasteiger partial charge < -0.3 is 5.11 Å². The fourth-order valence-corrected chi connectivity index (χ4v) is 4.33. The molecule has 0 amide bonds. The van der Waals surface area contributed by atoms with Gasteiger partial charge in [0, 0.05) is 20.7 Å². The standard InChI is InChI=1S/C13H11Cl2NO2S2/c1-7-11(5-12(17)18)20-13(16-7)19-6-8-2-3-9(14)4-10(8)15/h2-4H,5-6H2,1H3,(H,17,18). The summed E-state index contributed by atoms with van der Waals surface area (Å²) >= 11 is 14.9. The molecule has 1 aromatic carbocycles. The lowest BCUT2D eigenvalue weighted by Crippen LogP contribution is -1.99. The Hall–Kier alpha value is -0.750. The van der Waals surface area contributed by atoms with E-state index >= 15 is 0 Å². The third-order valence-electron chi connectivity index (χ3n) is 2.55. The van der Waals surface area contributed by atoms with Crippen molar-refractivity contribution in [3.63, 3.8) is 0 Å². The van der Waals surface area contributed by atoms with Crippen LogP contribution in [0.1, 0.15) is 16.1 Å². The van der Waals surface area contributed by atoms with Crippen LogP contribution >= 0.6 is 46.3 Å². The zero-order valence-corrected chi connectivity index (χ0v) is 13.7. The van der Waals surface area contributed by atoms with Crippen molar-refractivity contribution in [2.45, 2.75) is 23.4 Å². The maximum Gasteiger partial charge on any atom is 0.308 e. The van der Waals surface area contributed by atoms with Crippen molar-refractivity contribution < 1.29 is 9.90 Å². The lowest BCUT2D eigenvalue weighted by atomic mass is 10.2. The van der Waals surface area contributed by atoms with E-state index < -0.39 is 5.97 Å². The molecule has 0 aliphatic rings. The Bertz CT molecular complexity index is 643. The van der Waals surface area contributed by atoms with Gasteiger partial charge in [-0.2, -0.15) is 0 Å². The predicted octanol–water partition coefficient (Wildman–Crippen LogP) is 4.68. The van der Waals surface area contributed by atoms with E-state index in [1.165, 1.54) is 11.3 Å². The van der Waals surface area contributed by atoms with Crippen LogP contribution in [0, 0.1) is 6.92 Å². The minimum atomic E-state index is -0.839. The summed E-state index contributed by atoms with van der Waals surface area (Å²) in [5.41, 5.74) is 1.76. The molecule has 0 radical (unpaired) electrons. The van der Waals surface area contributed by atoms with Crippen molar-refractivity contribution in [1.82, 2.24) is 4.98 Å². The van der Waals surface area contributed by atoms with Crippen LogP contribution in [0.4, 0.5) is 0 Å². The van der Waals surface area contributed by atoms with Gasteiger partial charge in [0.25, 0.3) is 0 Å². The van der Waals surface area contributed by atoms with Crippen LogP contribution in [0.5, 0.6) is 0 Å². The van der Waals surface area contributed by atoms with Gasteiger partial charge in [0.15, 0.2) is 4.34 Å². The van der Waals surface area contributed by atoms with Gasteiger partial charge in [0.1, 0.15) is 0 Å². The molecule has 0 atom stereocenters. The molecule has 1 heterocycles. The number of rotatable bonds is 5. The number of halogens is 2. The van der Waals surface area contributed by atoms with Crippen LogP contribution < -0.4 is 0 Å². The Kier molecular flexibility index (Phi) is 5.32. The van der Waals surface area contributed by atoms with Crippen LogP contribution in [-0.2, 0) is 17.0 Å². The molecule has 1 N–H and O–H groups in total. The largest absolute Gasteiger partial charge is 0.481 e. The van der Waals surface area contributed by atoms with E-state index in [0.717, 1.165) is 20.5 Å². The summed E-state index contributed by atoms with van der Waals surface area (Å²) in [6, 6.07) is 5.39. The fourth-order valence-electron chi connectivity index (χ4n) is 1.54. The number of hydrogen-bond donors (Lipinski definition) is 1. The second-order valence-electron chi connectivity index (χ2n) is 4.08. The van der Waals surface area contributed by atoms with Gasteiger partial charge in [-0.1, -0.05) is 41.0 Å². The first-order valence-electron chi connectivity index (χ1n) is 5.70. The lowest BCUT2D eigenvalue weighted by molar-refractivity contribution is -0.136. The van der Waals surface area contributed by atoms with Crippen molar-refractivity contribution in [1.29, 1.82) is 0 Å². The Morgan fingerprint density at radius 2 is 2.20 bits per heavy atom. The molecule has 0 saturated carbocycles.